The maximum atomic E-state index is 13.1. The minimum absolute atomic E-state index is 0.0109. The van der Waals surface area contributed by atoms with E-state index in [1.54, 1.807) is 6.92 Å². The van der Waals surface area contributed by atoms with Crippen molar-refractivity contribution in [2.75, 3.05) is 13.2 Å². The summed E-state index contributed by atoms with van der Waals surface area (Å²) in [5.41, 5.74) is 1.24. The second-order valence-electron chi connectivity index (χ2n) is 11.9. The number of rotatable bonds is 15. The molecule has 278 valence electrons. The van der Waals surface area contributed by atoms with E-state index in [2.05, 4.69) is 6.08 Å². The molecule has 15 nitrogen and oxygen atoms in total. The number of ether oxygens (including phenoxy) is 8. The van der Waals surface area contributed by atoms with Crippen LogP contribution in [0.1, 0.15) is 74.7 Å². The first-order valence-corrected chi connectivity index (χ1v) is 16.3. The summed E-state index contributed by atoms with van der Waals surface area (Å²) >= 11 is 0. The fourth-order valence-corrected chi connectivity index (χ4v) is 5.00. The van der Waals surface area contributed by atoms with Crippen LogP contribution in [0.3, 0.4) is 0 Å². The average molecular weight is 717 g/mol. The van der Waals surface area contributed by atoms with Crippen molar-refractivity contribution >= 4 is 40.8 Å². The zero-order chi connectivity index (χ0) is 37.8. The Morgan fingerprint density at radius 2 is 1.45 bits per heavy atom. The summed E-state index contributed by atoms with van der Waals surface area (Å²) in [5, 5.41) is 0.262. The lowest BCUT2D eigenvalue weighted by atomic mass is 9.98. The maximum absolute atomic E-state index is 13.1. The molecule has 0 N–H and O–H groups in total. The first-order valence-electron chi connectivity index (χ1n) is 16.3. The summed E-state index contributed by atoms with van der Waals surface area (Å²) in [4.78, 5) is 73.4. The summed E-state index contributed by atoms with van der Waals surface area (Å²) in [6.45, 7) is 11.6. The molecule has 15 heteroatoms. The van der Waals surface area contributed by atoms with Crippen LogP contribution in [-0.4, -0.2) is 73.8 Å². The van der Waals surface area contributed by atoms with Gasteiger partial charge in [-0.15, -0.1) is 0 Å². The second kappa shape index (κ2) is 18.7. The maximum Gasteiger partial charge on any atom is 0.383 e. The van der Waals surface area contributed by atoms with Gasteiger partial charge in [-0.2, -0.15) is 0 Å². The SMILES string of the molecule is CCC(=O)Oc1c(OC/C=C(\C)CCC=C(C)C)c2ccc(O[C@H]3O[C@H](COC(C)=O)[C@@H](OC(C)=O)[C@H](OC(C)=O)[C@@H]3OC(C)=O)cc2oc1=O. The molecular weight excluding hydrogens is 672 g/mol. The Morgan fingerprint density at radius 1 is 0.804 bits per heavy atom. The van der Waals surface area contributed by atoms with Crippen molar-refractivity contribution in [3.8, 4) is 17.2 Å². The highest BCUT2D eigenvalue weighted by Gasteiger charge is 2.53. The van der Waals surface area contributed by atoms with E-state index in [1.165, 1.54) is 23.8 Å². The molecule has 0 amide bonds. The molecule has 1 aromatic carbocycles. The van der Waals surface area contributed by atoms with E-state index in [0.29, 0.717) is 0 Å². The van der Waals surface area contributed by atoms with Gasteiger partial charge in [0.1, 0.15) is 30.7 Å². The summed E-state index contributed by atoms with van der Waals surface area (Å²) in [6, 6.07) is 4.27. The van der Waals surface area contributed by atoms with Crippen LogP contribution in [0.25, 0.3) is 11.0 Å². The van der Waals surface area contributed by atoms with Gasteiger partial charge in [0.15, 0.2) is 18.0 Å². The molecule has 1 saturated heterocycles. The zero-order valence-electron chi connectivity index (χ0n) is 29.9. The lowest BCUT2D eigenvalue weighted by Crippen LogP contribution is -2.63. The predicted octanol–water partition coefficient (Wildman–Crippen LogP) is 4.64. The highest BCUT2D eigenvalue weighted by molar-refractivity contribution is 5.88. The smallest absolute Gasteiger partial charge is 0.383 e. The quantitative estimate of drug-likeness (QED) is 0.107. The van der Waals surface area contributed by atoms with Crippen molar-refractivity contribution in [1.29, 1.82) is 0 Å². The molecule has 0 unspecified atom stereocenters. The third-order valence-corrected chi connectivity index (χ3v) is 7.25. The van der Waals surface area contributed by atoms with E-state index in [9.17, 15) is 28.8 Å². The van der Waals surface area contributed by atoms with Gasteiger partial charge in [-0.05, 0) is 51.8 Å². The number of esters is 5. The fourth-order valence-electron chi connectivity index (χ4n) is 5.00. The predicted molar refractivity (Wildman–Crippen MR) is 179 cm³/mol. The Morgan fingerprint density at radius 3 is 2.06 bits per heavy atom. The summed E-state index contributed by atoms with van der Waals surface area (Å²) in [6.07, 6.45) is -1.49. The molecule has 51 heavy (non-hydrogen) atoms. The fraction of sp³-hybridized carbons (Fsp3) is 0.500. The Bertz CT molecular complexity index is 1710. The van der Waals surface area contributed by atoms with Crippen LogP contribution in [0.2, 0.25) is 0 Å². The second-order valence-corrected chi connectivity index (χ2v) is 11.9. The van der Waals surface area contributed by atoms with Crippen LogP contribution >= 0.6 is 0 Å². The summed E-state index contributed by atoms with van der Waals surface area (Å²) in [7, 11) is 0. The molecule has 0 radical (unpaired) electrons. The van der Waals surface area contributed by atoms with Crippen LogP contribution in [-0.2, 0) is 47.7 Å². The Labute approximate surface area is 294 Å². The number of hydrogen-bond acceptors (Lipinski definition) is 15. The normalized spacial score (nSPS) is 20.1. The number of hydrogen-bond donors (Lipinski definition) is 0. The molecule has 0 saturated carbocycles. The third-order valence-electron chi connectivity index (χ3n) is 7.25. The van der Waals surface area contributed by atoms with Crippen molar-refractivity contribution in [3.63, 3.8) is 0 Å². The molecule has 3 rings (SSSR count). The van der Waals surface area contributed by atoms with E-state index >= 15 is 0 Å². The molecule has 1 aliphatic rings. The van der Waals surface area contributed by atoms with Crippen molar-refractivity contribution in [1.82, 2.24) is 0 Å². The monoisotopic (exact) mass is 716 g/mol. The van der Waals surface area contributed by atoms with E-state index < -0.39 is 78.5 Å². The van der Waals surface area contributed by atoms with Gasteiger partial charge in [-0.1, -0.05) is 24.1 Å². The van der Waals surface area contributed by atoms with Crippen LogP contribution in [0.15, 0.2) is 50.7 Å². The van der Waals surface area contributed by atoms with Crippen LogP contribution in [0.5, 0.6) is 17.2 Å². The van der Waals surface area contributed by atoms with Crippen molar-refractivity contribution in [2.24, 2.45) is 0 Å². The molecule has 1 aromatic heterocycles. The number of fused-ring (bicyclic) bond motifs is 1. The lowest BCUT2D eigenvalue weighted by molar-refractivity contribution is -0.288. The minimum Gasteiger partial charge on any atom is -0.485 e. The molecule has 0 aliphatic carbocycles. The highest BCUT2D eigenvalue weighted by Crippen LogP contribution is 2.37. The molecule has 5 atom stereocenters. The van der Waals surface area contributed by atoms with Crippen LogP contribution in [0, 0.1) is 0 Å². The Hall–Kier alpha value is -5.18. The van der Waals surface area contributed by atoms with Gasteiger partial charge in [0.05, 0.1) is 5.39 Å². The van der Waals surface area contributed by atoms with E-state index in [-0.39, 0.29) is 35.5 Å². The van der Waals surface area contributed by atoms with E-state index in [1.807, 2.05) is 26.8 Å². The Balaban J connectivity index is 2.05. The zero-order valence-corrected chi connectivity index (χ0v) is 29.9. The van der Waals surface area contributed by atoms with Gasteiger partial charge < -0.3 is 42.3 Å². The molecule has 0 spiro atoms. The van der Waals surface area contributed by atoms with Crippen molar-refractivity contribution in [3.05, 3.63) is 51.9 Å². The number of carbonyl (C=O) groups is 5. The summed E-state index contributed by atoms with van der Waals surface area (Å²) < 4.78 is 50.2. The van der Waals surface area contributed by atoms with Gasteiger partial charge in [0.25, 0.3) is 5.75 Å². The first-order chi connectivity index (χ1) is 24.1. The largest absolute Gasteiger partial charge is 0.485 e. The molecule has 1 fully saturated rings. The number of allylic oxidation sites excluding steroid dienone is 3. The summed E-state index contributed by atoms with van der Waals surface area (Å²) in [5.74, 6) is -4.18. The molecule has 2 heterocycles. The molecular formula is C36H44O15. The van der Waals surface area contributed by atoms with Crippen molar-refractivity contribution < 1.29 is 66.3 Å². The number of carbonyl (C=O) groups excluding carboxylic acids is 5. The molecule has 2 aromatic rings. The minimum atomic E-state index is -1.53. The van der Waals surface area contributed by atoms with Gasteiger partial charge in [-0.25, -0.2) is 4.79 Å². The Kier molecular flexibility index (Phi) is 14.8. The van der Waals surface area contributed by atoms with Crippen molar-refractivity contribution in [2.45, 2.75) is 105 Å². The van der Waals surface area contributed by atoms with Gasteiger partial charge in [-0.3, -0.25) is 24.0 Å². The van der Waals surface area contributed by atoms with Crippen LogP contribution < -0.4 is 19.8 Å². The van der Waals surface area contributed by atoms with Gasteiger partial charge >= 0.3 is 35.5 Å². The molecule has 0 bridgehead atoms. The van der Waals surface area contributed by atoms with E-state index in [4.69, 9.17) is 42.3 Å². The van der Waals surface area contributed by atoms with Crippen LogP contribution in [0.4, 0.5) is 0 Å². The highest BCUT2D eigenvalue weighted by atomic mass is 16.7. The molecule has 1 aliphatic heterocycles. The van der Waals surface area contributed by atoms with Gasteiger partial charge in [0.2, 0.25) is 12.4 Å². The lowest BCUT2D eigenvalue weighted by Gasteiger charge is -2.43. The topological polar surface area (TPSA) is 189 Å². The number of benzene rings is 1. The third kappa shape index (κ3) is 12.0. The van der Waals surface area contributed by atoms with E-state index in [0.717, 1.165) is 46.1 Å². The standard InChI is InChI=1S/C36H44O15/c1-9-29(41)51-33-30(43-16-15-20(4)12-10-11-19(2)3)26-14-13-25(17-27(26)49-35(33)42)48-36-34(47-24(8)40)32(46-23(7)39)31(45-22(6)38)28(50-36)18-44-21(5)37/h11,13-15,17,28,31-32,34,36H,9-10,12,16,18H2,1-8H3/b20-15+/t28-,31-,32+,34+,36+/m1/s1. The first kappa shape index (κ1) is 40.3. The van der Waals surface area contributed by atoms with Gasteiger partial charge in [0, 0.05) is 40.2 Å². The average Bonchev–Trinajstić information content (AvgIpc) is 3.03.